The van der Waals surface area contributed by atoms with Crippen LogP contribution >= 0.6 is 11.6 Å². The molecule has 5 heteroatoms. The molecule has 0 fully saturated rings. The lowest BCUT2D eigenvalue weighted by Gasteiger charge is -2.16. The van der Waals surface area contributed by atoms with Gasteiger partial charge in [0.05, 0.1) is 12.1 Å². The lowest BCUT2D eigenvalue weighted by molar-refractivity contribution is 0.189. The number of nitrogens with two attached hydrogens (primary N) is 1. The summed E-state index contributed by atoms with van der Waals surface area (Å²) >= 11 is 5.88. The molecule has 1 aromatic rings. The molecule has 0 aromatic heterocycles. The molecule has 1 heterocycles. The molecule has 0 saturated carbocycles. The first kappa shape index (κ1) is 12.0. The van der Waals surface area contributed by atoms with Crippen molar-refractivity contribution >= 4 is 17.6 Å². The highest BCUT2D eigenvalue weighted by atomic mass is 35.5. The highest BCUT2D eigenvalue weighted by Gasteiger charge is 2.20. The van der Waals surface area contributed by atoms with Gasteiger partial charge in [-0.15, -0.1) is 0 Å². The zero-order chi connectivity index (χ0) is 12.3. The van der Waals surface area contributed by atoms with Gasteiger partial charge in [-0.2, -0.15) is 0 Å². The molecule has 0 aliphatic carbocycles. The molecule has 0 spiro atoms. The number of hydrogen-bond acceptors (Lipinski definition) is 4. The van der Waals surface area contributed by atoms with E-state index in [9.17, 15) is 0 Å². The Morgan fingerprint density at radius 1 is 1.65 bits per heavy atom. The first-order chi connectivity index (χ1) is 8.13. The maximum atomic E-state index is 5.88. The number of benzene rings is 1. The van der Waals surface area contributed by atoms with Crippen molar-refractivity contribution in [2.24, 2.45) is 10.7 Å². The number of amidine groups is 1. The van der Waals surface area contributed by atoms with Crippen molar-refractivity contribution in [2.45, 2.75) is 25.5 Å². The SMILES string of the molecule is C[C@@H](C[C@@H]1COC(N)=N1)Oc1cccc(Cl)c1. The fraction of sp³-hybridized carbons (Fsp3) is 0.417. The summed E-state index contributed by atoms with van der Waals surface area (Å²) in [4.78, 5) is 4.15. The zero-order valence-electron chi connectivity index (χ0n) is 9.60. The van der Waals surface area contributed by atoms with E-state index >= 15 is 0 Å². The Hall–Kier alpha value is -1.42. The highest BCUT2D eigenvalue weighted by molar-refractivity contribution is 6.30. The molecular formula is C12H15ClN2O2. The van der Waals surface area contributed by atoms with E-state index < -0.39 is 0 Å². The molecule has 17 heavy (non-hydrogen) atoms. The average Bonchev–Trinajstić information content (AvgIpc) is 2.63. The van der Waals surface area contributed by atoms with E-state index in [0.29, 0.717) is 11.6 Å². The lowest BCUT2D eigenvalue weighted by Crippen LogP contribution is -2.20. The predicted octanol–water partition coefficient (Wildman–Crippen LogP) is 2.21. The summed E-state index contributed by atoms with van der Waals surface area (Å²) in [5.74, 6) is 0.765. The van der Waals surface area contributed by atoms with E-state index in [1.807, 2.05) is 25.1 Å². The molecule has 2 N–H and O–H groups in total. The van der Waals surface area contributed by atoms with Crippen molar-refractivity contribution in [3.63, 3.8) is 0 Å². The van der Waals surface area contributed by atoms with Crippen LogP contribution in [0.2, 0.25) is 5.02 Å². The number of rotatable bonds is 4. The Morgan fingerprint density at radius 2 is 2.47 bits per heavy atom. The Balaban J connectivity index is 1.87. The molecule has 4 nitrogen and oxygen atoms in total. The Bertz CT molecular complexity index is 423. The van der Waals surface area contributed by atoms with Crippen molar-refractivity contribution < 1.29 is 9.47 Å². The van der Waals surface area contributed by atoms with E-state index in [-0.39, 0.29) is 18.2 Å². The Kier molecular flexibility index (Phi) is 3.74. The molecule has 1 aliphatic heterocycles. The first-order valence-electron chi connectivity index (χ1n) is 5.52. The van der Waals surface area contributed by atoms with Gasteiger partial charge in [0.2, 0.25) is 0 Å². The van der Waals surface area contributed by atoms with Crippen LogP contribution in [-0.4, -0.2) is 24.8 Å². The lowest BCUT2D eigenvalue weighted by atomic mass is 10.1. The van der Waals surface area contributed by atoms with Crippen LogP contribution in [0.25, 0.3) is 0 Å². The minimum absolute atomic E-state index is 0.0386. The van der Waals surface area contributed by atoms with Crippen LogP contribution in [0.1, 0.15) is 13.3 Å². The summed E-state index contributed by atoms with van der Waals surface area (Å²) in [6.45, 7) is 2.53. The molecule has 1 aliphatic rings. The van der Waals surface area contributed by atoms with Crippen molar-refractivity contribution in [3.8, 4) is 5.75 Å². The standard InChI is InChI=1S/C12H15ClN2O2/c1-8(5-10-7-16-12(14)15-10)17-11-4-2-3-9(13)6-11/h2-4,6,8,10H,5,7H2,1H3,(H2,14,15)/t8-,10+/m0/s1. The predicted molar refractivity (Wildman–Crippen MR) is 67.5 cm³/mol. The van der Waals surface area contributed by atoms with Gasteiger partial charge in [0, 0.05) is 11.4 Å². The van der Waals surface area contributed by atoms with Crippen LogP contribution in [-0.2, 0) is 4.74 Å². The van der Waals surface area contributed by atoms with Gasteiger partial charge in [0.1, 0.15) is 12.4 Å². The van der Waals surface area contributed by atoms with Gasteiger partial charge >= 0.3 is 0 Å². The number of nitrogens with zero attached hydrogens (tertiary/aromatic N) is 1. The topological polar surface area (TPSA) is 56.8 Å². The third kappa shape index (κ3) is 3.53. The molecule has 0 bridgehead atoms. The van der Waals surface area contributed by atoms with E-state index in [1.165, 1.54) is 0 Å². The summed E-state index contributed by atoms with van der Waals surface area (Å²) in [5, 5.41) is 0.668. The normalized spacial score (nSPS) is 20.6. The minimum atomic E-state index is 0.0386. The molecule has 92 valence electrons. The summed E-state index contributed by atoms with van der Waals surface area (Å²) in [6.07, 6.45) is 0.810. The van der Waals surface area contributed by atoms with E-state index in [1.54, 1.807) is 6.07 Å². The fourth-order valence-electron chi connectivity index (χ4n) is 1.76. The molecule has 1 aromatic carbocycles. The van der Waals surface area contributed by atoms with Gasteiger partial charge in [-0.25, -0.2) is 4.99 Å². The fourth-order valence-corrected chi connectivity index (χ4v) is 1.94. The van der Waals surface area contributed by atoms with Gasteiger partial charge in [-0.1, -0.05) is 17.7 Å². The van der Waals surface area contributed by atoms with Crippen LogP contribution < -0.4 is 10.5 Å². The van der Waals surface area contributed by atoms with Crippen LogP contribution in [0.5, 0.6) is 5.75 Å². The second-order valence-corrected chi connectivity index (χ2v) is 4.49. The third-order valence-electron chi connectivity index (χ3n) is 2.47. The minimum Gasteiger partial charge on any atom is -0.491 e. The van der Waals surface area contributed by atoms with Crippen LogP contribution in [0.3, 0.4) is 0 Å². The molecule has 2 rings (SSSR count). The van der Waals surface area contributed by atoms with Crippen LogP contribution in [0, 0.1) is 0 Å². The molecule has 2 atom stereocenters. The van der Waals surface area contributed by atoms with E-state index in [4.69, 9.17) is 26.8 Å². The van der Waals surface area contributed by atoms with Crippen molar-refractivity contribution in [2.75, 3.05) is 6.61 Å². The summed E-state index contributed by atoms with van der Waals surface area (Å²) < 4.78 is 10.8. The molecule has 0 unspecified atom stereocenters. The molecule has 0 radical (unpaired) electrons. The van der Waals surface area contributed by atoms with E-state index in [2.05, 4.69) is 4.99 Å². The number of aliphatic imine (C=N–C) groups is 1. The van der Waals surface area contributed by atoms with Gasteiger partial charge in [0.15, 0.2) is 0 Å². The number of halogens is 1. The van der Waals surface area contributed by atoms with Crippen LogP contribution in [0.15, 0.2) is 29.3 Å². The Morgan fingerprint density at radius 3 is 3.12 bits per heavy atom. The Labute approximate surface area is 105 Å². The van der Waals surface area contributed by atoms with Crippen molar-refractivity contribution in [1.82, 2.24) is 0 Å². The number of ether oxygens (including phenoxy) is 2. The molecule has 0 amide bonds. The summed E-state index contributed by atoms with van der Waals surface area (Å²) in [7, 11) is 0. The molecular weight excluding hydrogens is 240 g/mol. The average molecular weight is 255 g/mol. The second kappa shape index (κ2) is 5.27. The summed E-state index contributed by atoms with van der Waals surface area (Å²) in [6, 6.07) is 7.70. The van der Waals surface area contributed by atoms with Crippen LogP contribution in [0.4, 0.5) is 0 Å². The quantitative estimate of drug-likeness (QED) is 0.896. The zero-order valence-corrected chi connectivity index (χ0v) is 10.4. The second-order valence-electron chi connectivity index (χ2n) is 4.05. The van der Waals surface area contributed by atoms with Crippen molar-refractivity contribution in [1.29, 1.82) is 0 Å². The van der Waals surface area contributed by atoms with Crippen molar-refractivity contribution in [3.05, 3.63) is 29.3 Å². The number of hydrogen-bond donors (Lipinski definition) is 1. The summed E-state index contributed by atoms with van der Waals surface area (Å²) in [5.41, 5.74) is 5.44. The van der Waals surface area contributed by atoms with Gasteiger partial charge in [-0.05, 0) is 25.1 Å². The first-order valence-corrected chi connectivity index (χ1v) is 5.89. The molecule has 0 saturated heterocycles. The maximum Gasteiger partial charge on any atom is 0.282 e. The highest BCUT2D eigenvalue weighted by Crippen LogP contribution is 2.20. The van der Waals surface area contributed by atoms with Gasteiger partial charge in [-0.3, -0.25) is 0 Å². The smallest absolute Gasteiger partial charge is 0.282 e. The van der Waals surface area contributed by atoms with Gasteiger partial charge < -0.3 is 15.2 Å². The van der Waals surface area contributed by atoms with Gasteiger partial charge in [0.25, 0.3) is 6.02 Å². The van der Waals surface area contributed by atoms with E-state index in [0.717, 1.165) is 12.2 Å². The maximum absolute atomic E-state index is 5.88. The monoisotopic (exact) mass is 254 g/mol. The largest absolute Gasteiger partial charge is 0.491 e. The third-order valence-corrected chi connectivity index (χ3v) is 2.71.